The van der Waals surface area contributed by atoms with Gasteiger partial charge in [0.1, 0.15) is 0 Å². The maximum atomic E-state index is 5.38. The molecule has 3 aromatic heterocycles. The molecule has 12 rings (SSSR count). The largest absolute Gasteiger partial charge is 0.308 e. The lowest BCUT2D eigenvalue weighted by molar-refractivity contribution is 0.953. The fraction of sp³-hybridized carbons (Fsp3) is 0. The Balaban J connectivity index is 1.13. The number of para-hydroxylation sites is 3. The molecule has 3 heterocycles. The zero-order valence-electron chi connectivity index (χ0n) is 33.6. The highest BCUT2D eigenvalue weighted by Gasteiger charge is 2.24. The SMILES string of the molecule is c1ccc(-c2nc(-c3cccc(-c4ccccc4-c4ccccc4)c3)nc(-n3c4ccccc4c4c3ccc3c5ccccc5n(-c5ccccc5-c5ccccc5)c34)n2)cc1. The molecule has 0 fully saturated rings. The van der Waals surface area contributed by atoms with Crippen molar-refractivity contribution in [3.05, 3.63) is 224 Å². The second-order valence-corrected chi connectivity index (χ2v) is 15.6. The molecule has 290 valence electrons. The molecule has 5 heteroatoms. The summed E-state index contributed by atoms with van der Waals surface area (Å²) in [5.41, 5.74) is 14.2. The quantitative estimate of drug-likeness (QED) is 0.162. The molecule has 12 aromatic rings. The van der Waals surface area contributed by atoms with Gasteiger partial charge in [0.15, 0.2) is 11.6 Å². The molecule has 0 saturated carbocycles. The highest BCUT2D eigenvalue weighted by molar-refractivity contribution is 6.26. The summed E-state index contributed by atoms with van der Waals surface area (Å²) in [6.45, 7) is 0. The van der Waals surface area contributed by atoms with E-state index in [0.717, 1.165) is 60.8 Å². The van der Waals surface area contributed by atoms with Crippen LogP contribution >= 0.6 is 0 Å². The standard InChI is InChI=1S/C57H37N5/c1-4-19-38(20-5-1)43-27-10-11-28-44(43)41-25-18-26-42(37-41)56-58-55(40-23-8-3-9-24-40)59-57(60-56)62-51-34-17-14-31-48(51)53-52(62)36-35-47-46-30-13-16-33-50(46)61(54(47)53)49-32-15-12-29-45(49)39-21-6-2-7-22-39/h1-37H. The van der Waals surface area contributed by atoms with E-state index < -0.39 is 0 Å². The van der Waals surface area contributed by atoms with Gasteiger partial charge in [-0.2, -0.15) is 9.97 Å². The molecule has 0 radical (unpaired) electrons. The molecule has 0 amide bonds. The summed E-state index contributed by atoms with van der Waals surface area (Å²) in [5, 5.41) is 4.65. The molecule has 62 heavy (non-hydrogen) atoms. The molecule has 0 unspecified atom stereocenters. The van der Waals surface area contributed by atoms with Crippen LogP contribution in [0.25, 0.3) is 111 Å². The molecule has 0 N–H and O–H groups in total. The highest BCUT2D eigenvalue weighted by Crippen LogP contribution is 2.43. The van der Waals surface area contributed by atoms with E-state index in [1.807, 2.05) is 18.2 Å². The Morgan fingerprint density at radius 3 is 1.50 bits per heavy atom. The van der Waals surface area contributed by atoms with Crippen LogP contribution in [0.3, 0.4) is 0 Å². The Morgan fingerprint density at radius 1 is 0.290 bits per heavy atom. The number of fused-ring (bicyclic) bond motifs is 7. The Labute approximate surface area is 358 Å². The normalized spacial score (nSPS) is 11.5. The zero-order valence-corrected chi connectivity index (χ0v) is 33.6. The predicted molar refractivity (Wildman–Crippen MR) is 256 cm³/mol. The van der Waals surface area contributed by atoms with Crippen molar-refractivity contribution in [3.8, 4) is 67.8 Å². The van der Waals surface area contributed by atoms with Crippen LogP contribution in [0.1, 0.15) is 0 Å². The van der Waals surface area contributed by atoms with Crippen molar-refractivity contribution in [2.45, 2.75) is 0 Å². The monoisotopic (exact) mass is 791 g/mol. The van der Waals surface area contributed by atoms with Gasteiger partial charge in [0.05, 0.1) is 27.8 Å². The fourth-order valence-electron chi connectivity index (χ4n) is 9.25. The molecule has 0 saturated heterocycles. The first kappa shape index (κ1) is 35.5. The summed E-state index contributed by atoms with van der Waals surface area (Å²) in [4.78, 5) is 15.9. The summed E-state index contributed by atoms with van der Waals surface area (Å²) in [6, 6.07) is 79.2. The summed E-state index contributed by atoms with van der Waals surface area (Å²) < 4.78 is 4.68. The van der Waals surface area contributed by atoms with Crippen LogP contribution in [0.2, 0.25) is 0 Å². The third-order valence-corrected chi connectivity index (χ3v) is 12.0. The lowest BCUT2D eigenvalue weighted by atomic mass is 9.94. The summed E-state index contributed by atoms with van der Waals surface area (Å²) >= 11 is 0. The van der Waals surface area contributed by atoms with Crippen LogP contribution in [0.5, 0.6) is 0 Å². The molecule has 5 nitrogen and oxygen atoms in total. The Hall–Kier alpha value is -8.41. The Kier molecular flexibility index (Phi) is 8.42. The average molecular weight is 792 g/mol. The molecular weight excluding hydrogens is 755 g/mol. The van der Waals surface area contributed by atoms with Gasteiger partial charge in [0.25, 0.3) is 0 Å². The van der Waals surface area contributed by atoms with Gasteiger partial charge < -0.3 is 4.57 Å². The second-order valence-electron chi connectivity index (χ2n) is 15.6. The number of nitrogens with zero attached hydrogens (tertiary/aromatic N) is 5. The molecule has 9 aromatic carbocycles. The number of hydrogen-bond donors (Lipinski definition) is 0. The van der Waals surface area contributed by atoms with Crippen molar-refractivity contribution >= 4 is 43.6 Å². The topological polar surface area (TPSA) is 48.5 Å². The van der Waals surface area contributed by atoms with Gasteiger partial charge in [-0.15, -0.1) is 0 Å². The zero-order chi connectivity index (χ0) is 41.0. The number of benzene rings is 9. The van der Waals surface area contributed by atoms with E-state index in [4.69, 9.17) is 15.0 Å². The third-order valence-electron chi connectivity index (χ3n) is 12.0. The van der Waals surface area contributed by atoms with E-state index in [-0.39, 0.29) is 0 Å². The van der Waals surface area contributed by atoms with Crippen LogP contribution in [0, 0.1) is 0 Å². The van der Waals surface area contributed by atoms with Gasteiger partial charge in [-0.25, -0.2) is 4.98 Å². The van der Waals surface area contributed by atoms with Crippen molar-refractivity contribution in [1.82, 2.24) is 24.1 Å². The van der Waals surface area contributed by atoms with E-state index in [0.29, 0.717) is 17.6 Å². The first-order valence-corrected chi connectivity index (χ1v) is 21.0. The van der Waals surface area contributed by atoms with Gasteiger partial charge >= 0.3 is 0 Å². The third kappa shape index (κ3) is 5.82. The summed E-state index contributed by atoms with van der Waals surface area (Å²) in [7, 11) is 0. The number of rotatable bonds is 7. The van der Waals surface area contributed by atoms with Crippen molar-refractivity contribution in [3.63, 3.8) is 0 Å². The first-order chi connectivity index (χ1) is 30.8. The van der Waals surface area contributed by atoms with Gasteiger partial charge in [-0.05, 0) is 58.1 Å². The van der Waals surface area contributed by atoms with E-state index >= 15 is 0 Å². The highest BCUT2D eigenvalue weighted by atomic mass is 15.2. The molecule has 0 bridgehead atoms. The van der Waals surface area contributed by atoms with Crippen LogP contribution in [-0.2, 0) is 0 Å². The molecule has 0 aliphatic rings. The molecular formula is C57H37N5. The number of aromatic nitrogens is 5. The molecule has 0 spiro atoms. The minimum Gasteiger partial charge on any atom is -0.308 e. The maximum Gasteiger partial charge on any atom is 0.238 e. The van der Waals surface area contributed by atoms with Gasteiger partial charge in [-0.1, -0.05) is 194 Å². The second kappa shape index (κ2) is 14.7. The van der Waals surface area contributed by atoms with Gasteiger partial charge in [0, 0.05) is 38.2 Å². The van der Waals surface area contributed by atoms with Gasteiger partial charge in [-0.3, -0.25) is 4.57 Å². The van der Waals surface area contributed by atoms with E-state index in [1.54, 1.807) is 0 Å². The minimum absolute atomic E-state index is 0.557. The Bertz CT molecular complexity index is 3620. The van der Waals surface area contributed by atoms with Crippen LogP contribution in [0.4, 0.5) is 0 Å². The summed E-state index contributed by atoms with van der Waals surface area (Å²) in [6.07, 6.45) is 0. The first-order valence-electron chi connectivity index (χ1n) is 21.0. The van der Waals surface area contributed by atoms with Crippen molar-refractivity contribution < 1.29 is 0 Å². The minimum atomic E-state index is 0.557. The van der Waals surface area contributed by atoms with Crippen LogP contribution in [0.15, 0.2) is 224 Å². The van der Waals surface area contributed by atoms with Crippen molar-refractivity contribution in [1.29, 1.82) is 0 Å². The average Bonchev–Trinajstić information content (AvgIpc) is 3.88. The van der Waals surface area contributed by atoms with Crippen molar-refractivity contribution in [2.24, 2.45) is 0 Å². The van der Waals surface area contributed by atoms with E-state index in [2.05, 4.69) is 215 Å². The van der Waals surface area contributed by atoms with Crippen LogP contribution in [-0.4, -0.2) is 24.1 Å². The smallest absolute Gasteiger partial charge is 0.238 e. The lowest BCUT2D eigenvalue weighted by Crippen LogP contribution is -2.06. The van der Waals surface area contributed by atoms with E-state index in [1.165, 1.54) is 33.0 Å². The molecule has 0 atom stereocenters. The lowest BCUT2D eigenvalue weighted by Gasteiger charge is -2.15. The molecule has 0 aliphatic heterocycles. The van der Waals surface area contributed by atoms with E-state index in [9.17, 15) is 0 Å². The Morgan fingerprint density at radius 2 is 0.790 bits per heavy atom. The maximum absolute atomic E-state index is 5.38. The number of hydrogen-bond acceptors (Lipinski definition) is 3. The summed E-state index contributed by atoms with van der Waals surface area (Å²) in [5.74, 6) is 1.77. The predicted octanol–water partition coefficient (Wildman–Crippen LogP) is 14.4. The van der Waals surface area contributed by atoms with Gasteiger partial charge in [0.2, 0.25) is 5.95 Å². The van der Waals surface area contributed by atoms with Crippen molar-refractivity contribution in [2.75, 3.05) is 0 Å². The fourth-order valence-corrected chi connectivity index (χ4v) is 9.25. The van der Waals surface area contributed by atoms with Crippen LogP contribution < -0.4 is 0 Å². The molecule has 0 aliphatic carbocycles.